The van der Waals surface area contributed by atoms with Crippen molar-refractivity contribution in [3.05, 3.63) is 17.9 Å². The summed E-state index contributed by atoms with van der Waals surface area (Å²) in [5.41, 5.74) is 0. The second-order valence-corrected chi connectivity index (χ2v) is 6.86. The second kappa shape index (κ2) is 7.21. The molecule has 0 radical (unpaired) electrons. The molecular weight excluding hydrogens is 278 g/mol. The summed E-state index contributed by atoms with van der Waals surface area (Å²) in [6.07, 6.45) is 0. The normalized spacial score (nSPS) is 12.8. The molecule has 20 heavy (non-hydrogen) atoms. The third kappa shape index (κ3) is 5.24. The van der Waals surface area contributed by atoms with Gasteiger partial charge >= 0.3 is 0 Å². The smallest absolute Gasteiger partial charge is 0.271 e. The monoisotopic (exact) mass is 303 g/mol. The van der Waals surface area contributed by atoms with Crippen LogP contribution in [0.4, 0.5) is 0 Å². The Hall–Kier alpha value is -0.890. The second-order valence-electron chi connectivity index (χ2n) is 5.37. The van der Waals surface area contributed by atoms with Crippen molar-refractivity contribution < 1.29 is 12.8 Å². The van der Waals surface area contributed by atoms with Crippen LogP contribution in [-0.4, -0.2) is 38.5 Å². The lowest BCUT2D eigenvalue weighted by Crippen LogP contribution is -2.41. The molecule has 6 nitrogen and oxygen atoms in total. The van der Waals surface area contributed by atoms with Gasteiger partial charge in [0.15, 0.2) is 0 Å². The van der Waals surface area contributed by atoms with Crippen LogP contribution in [0.2, 0.25) is 0 Å². The summed E-state index contributed by atoms with van der Waals surface area (Å²) in [5, 5.41) is 8.02. The van der Waals surface area contributed by atoms with E-state index in [0.717, 1.165) is 13.1 Å². The molecule has 0 aliphatic rings. The number of hydrogen-bond acceptors (Lipinski definition) is 5. The fraction of sp³-hybridized carbons (Fsp3) is 0.692. The van der Waals surface area contributed by atoms with Gasteiger partial charge in [0.2, 0.25) is 5.09 Å². The van der Waals surface area contributed by atoms with Crippen LogP contribution < -0.4 is 10.5 Å². The van der Waals surface area contributed by atoms with Crippen molar-refractivity contribution in [3.8, 4) is 0 Å². The molecule has 1 heterocycles. The fourth-order valence-corrected chi connectivity index (χ4v) is 2.62. The van der Waals surface area contributed by atoms with E-state index in [-0.39, 0.29) is 5.09 Å². The largest absolute Gasteiger partial charge is 0.447 e. The van der Waals surface area contributed by atoms with Crippen molar-refractivity contribution in [2.75, 3.05) is 13.1 Å². The highest BCUT2D eigenvalue weighted by atomic mass is 32.2. The number of furan rings is 1. The van der Waals surface area contributed by atoms with Gasteiger partial charge in [-0.2, -0.15) is 0 Å². The highest BCUT2D eigenvalue weighted by Crippen LogP contribution is 2.11. The van der Waals surface area contributed by atoms with Gasteiger partial charge in [-0.25, -0.2) is 13.6 Å². The summed E-state index contributed by atoms with van der Waals surface area (Å²) in [5.74, 6) is 0.565. The molecule has 3 N–H and O–H groups in total. The van der Waals surface area contributed by atoms with E-state index in [1.54, 1.807) is 6.07 Å². The zero-order valence-electron chi connectivity index (χ0n) is 12.6. The number of nitrogens with zero attached hydrogens (tertiary/aromatic N) is 1. The van der Waals surface area contributed by atoms with Gasteiger partial charge in [0, 0.05) is 25.2 Å². The standard InChI is InChI=1S/C13H25N3O3S/c1-10(2)16(11(3)4)8-7-15-9-12-5-6-13(19-12)20(14,17)18/h5-6,10-11,15H,7-9H2,1-4H3,(H2,14,17,18). The zero-order chi connectivity index (χ0) is 15.3. The Balaban J connectivity index is 2.40. The van der Waals surface area contributed by atoms with Gasteiger partial charge in [-0.15, -0.1) is 0 Å². The van der Waals surface area contributed by atoms with Gasteiger partial charge in [-0.3, -0.25) is 4.90 Å². The number of nitrogens with two attached hydrogens (primary N) is 1. The lowest BCUT2D eigenvalue weighted by Gasteiger charge is -2.30. The van der Waals surface area contributed by atoms with Crippen LogP contribution in [0.5, 0.6) is 0 Å². The molecule has 0 saturated carbocycles. The highest BCUT2D eigenvalue weighted by molar-refractivity contribution is 7.89. The highest BCUT2D eigenvalue weighted by Gasteiger charge is 2.14. The molecule has 0 aliphatic carbocycles. The molecule has 0 spiro atoms. The molecule has 0 bridgehead atoms. The van der Waals surface area contributed by atoms with Gasteiger partial charge in [0.05, 0.1) is 6.54 Å². The zero-order valence-corrected chi connectivity index (χ0v) is 13.4. The van der Waals surface area contributed by atoms with E-state index in [1.165, 1.54) is 6.07 Å². The molecule has 0 unspecified atom stereocenters. The molecular formula is C13H25N3O3S. The van der Waals surface area contributed by atoms with E-state index in [4.69, 9.17) is 9.56 Å². The summed E-state index contributed by atoms with van der Waals surface area (Å²) in [6.45, 7) is 10.9. The number of rotatable bonds is 8. The Labute approximate surface area is 121 Å². The summed E-state index contributed by atoms with van der Waals surface area (Å²) in [7, 11) is -3.75. The van der Waals surface area contributed by atoms with Crippen LogP contribution in [0.25, 0.3) is 0 Å². The Morgan fingerprint density at radius 1 is 1.25 bits per heavy atom. The first-order valence-electron chi connectivity index (χ1n) is 6.79. The summed E-state index contributed by atoms with van der Waals surface area (Å²) < 4.78 is 27.3. The van der Waals surface area contributed by atoms with Crippen molar-refractivity contribution in [3.63, 3.8) is 0 Å². The van der Waals surface area contributed by atoms with E-state index >= 15 is 0 Å². The number of sulfonamides is 1. The summed E-state index contributed by atoms with van der Waals surface area (Å²) in [4.78, 5) is 2.38. The van der Waals surface area contributed by atoms with Crippen LogP contribution in [-0.2, 0) is 16.6 Å². The molecule has 1 rings (SSSR count). The Morgan fingerprint density at radius 2 is 1.85 bits per heavy atom. The average Bonchev–Trinajstić information content (AvgIpc) is 2.76. The summed E-state index contributed by atoms with van der Waals surface area (Å²) in [6, 6.07) is 3.99. The van der Waals surface area contributed by atoms with Crippen molar-refractivity contribution in [1.29, 1.82) is 0 Å². The van der Waals surface area contributed by atoms with E-state index in [0.29, 0.717) is 24.4 Å². The van der Waals surface area contributed by atoms with E-state index in [9.17, 15) is 8.42 Å². The van der Waals surface area contributed by atoms with Crippen molar-refractivity contribution in [2.45, 2.75) is 51.4 Å². The predicted molar refractivity (Wildman–Crippen MR) is 78.8 cm³/mol. The quantitative estimate of drug-likeness (QED) is 0.703. The maximum absolute atomic E-state index is 11.1. The average molecular weight is 303 g/mol. The first-order valence-corrected chi connectivity index (χ1v) is 8.34. The first kappa shape index (κ1) is 17.2. The topological polar surface area (TPSA) is 88.6 Å². The number of nitrogens with one attached hydrogen (secondary N) is 1. The van der Waals surface area contributed by atoms with Gasteiger partial charge in [0.1, 0.15) is 5.76 Å². The fourth-order valence-electron chi connectivity index (χ4n) is 2.14. The van der Waals surface area contributed by atoms with Crippen molar-refractivity contribution in [1.82, 2.24) is 10.2 Å². The minimum Gasteiger partial charge on any atom is -0.447 e. The molecule has 7 heteroatoms. The van der Waals surface area contributed by atoms with E-state index in [1.807, 2.05) is 0 Å². The first-order chi connectivity index (χ1) is 9.21. The van der Waals surface area contributed by atoms with Crippen molar-refractivity contribution >= 4 is 10.0 Å². The third-order valence-corrected chi connectivity index (χ3v) is 3.87. The van der Waals surface area contributed by atoms with Crippen LogP contribution in [0.15, 0.2) is 21.6 Å². The molecule has 1 aromatic rings. The van der Waals surface area contributed by atoms with Crippen LogP contribution >= 0.6 is 0 Å². The molecule has 0 amide bonds. The molecule has 0 fully saturated rings. The minimum atomic E-state index is -3.75. The lowest BCUT2D eigenvalue weighted by molar-refractivity contribution is 0.175. The van der Waals surface area contributed by atoms with E-state index in [2.05, 4.69) is 37.9 Å². The lowest BCUT2D eigenvalue weighted by atomic mass is 10.2. The molecule has 0 aliphatic heterocycles. The van der Waals surface area contributed by atoms with Crippen LogP contribution in [0.1, 0.15) is 33.5 Å². The van der Waals surface area contributed by atoms with Crippen LogP contribution in [0.3, 0.4) is 0 Å². The van der Waals surface area contributed by atoms with Gasteiger partial charge in [0.25, 0.3) is 10.0 Å². The minimum absolute atomic E-state index is 0.194. The maximum atomic E-state index is 11.1. The molecule has 1 aromatic heterocycles. The third-order valence-electron chi connectivity index (χ3n) is 3.09. The van der Waals surface area contributed by atoms with E-state index < -0.39 is 10.0 Å². The summed E-state index contributed by atoms with van der Waals surface area (Å²) >= 11 is 0. The predicted octanol–water partition coefficient (Wildman–Crippen LogP) is 1.14. The number of hydrogen-bond donors (Lipinski definition) is 2. The Bertz CT molecular complexity index is 501. The van der Waals surface area contributed by atoms with Crippen molar-refractivity contribution in [2.24, 2.45) is 5.14 Å². The maximum Gasteiger partial charge on any atom is 0.271 e. The number of primary sulfonamides is 1. The Kier molecular flexibility index (Phi) is 6.19. The van der Waals surface area contributed by atoms with Gasteiger partial charge in [-0.05, 0) is 39.8 Å². The molecule has 0 atom stereocenters. The molecule has 116 valence electrons. The molecule has 0 saturated heterocycles. The van der Waals surface area contributed by atoms with Gasteiger partial charge < -0.3 is 9.73 Å². The molecule has 0 aromatic carbocycles. The van der Waals surface area contributed by atoms with Gasteiger partial charge in [-0.1, -0.05) is 0 Å². The van der Waals surface area contributed by atoms with Crippen LogP contribution in [0, 0.1) is 0 Å². The Morgan fingerprint density at radius 3 is 2.30 bits per heavy atom. The SMILES string of the molecule is CC(C)N(CCNCc1ccc(S(N)(=O)=O)o1)C(C)C.